The number of rotatable bonds is 6. The number of hydrogen-bond donors (Lipinski definition) is 2. The minimum absolute atomic E-state index is 0. The number of amides is 1. The van der Waals surface area contributed by atoms with Gasteiger partial charge in [-0.2, -0.15) is 0 Å². The van der Waals surface area contributed by atoms with E-state index in [1.807, 2.05) is 22.9 Å². The predicted molar refractivity (Wildman–Crippen MR) is 107 cm³/mol. The van der Waals surface area contributed by atoms with Gasteiger partial charge in [0.2, 0.25) is 5.91 Å². The Morgan fingerprint density at radius 3 is 2.96 bits per heavy atom. The van der Waals surface area contributed by atoms with Crippen molar-refractivity contribution < 1.29 is 4.79 Å². The van der Waals surface area contributed by atoms with Gasteiger partial charge < -0.3 is 10.6 Å². The highest BCUT2D eigenvalue weighted by molar-refractivity contribution is 5.85. The van der Waals surface area contributed by atoms with E-state index in [4.69, 9.17) is 0 Å². The van der Waals surface area contributed by atoms with Crippen LogP contribution in [0, 0.1) is 11.8 Å². The monoisotopic (exact) mass is 399 g/mol. The first-order valence-electron chi connectivity index (χ1n) is 8.63. The summed E-state index contributed by atoms with van der Waals surface area (Å²) in [6.45, 7) is 4.85. The molecule has 0 aliphatic carbocycles. The van der Waals surface area contributed by atoms with Crippen LogP contribution in [0.2, 0.25) is 0 Å². The average Bonchev–Trinajstić information content (AvgIpc) is 3.16. The molecule has 2 aromatic heterocycles. The largest absolute Gasteiger partial charge is 0.352 e. The van der Waals surface area contributed by atoms with Crippen LogP contribution in [-0.2, 0) is 11.3 Å². The summed E-state index contributed by atoms with van der Waals surface area (Å²) in [5.74, 6) is 1.95. The van der Waals surface area contributed by atoms with Gasteiger partial charge >= 0.3 is 0 Å². The molecule has 1 amide bonds. The number of hydrogen-bond acceptors (Lipinski definition) is 4. The van der Waals surface area contributed by atoms with Gasteiger partial charge in [-0.15, -0.1) is 24.8 Å². The average molecular weight is 400 g/mol. The van der Waals surface area contributed by atoms with E-state index < -0.39 is 0 Å². The third-order valence-electron chi connectivity index (χ3n) is 4.72. The standard InChI is InChI=1S/C18H25N5O.2ClH/c1-14(16-3-2-5-19-12-16)9-18(24)22-11-15-4-6-21-17(10-15)23-8-7-20-13-23;;/h4,6-8,10,13-14,16,19H,2-3,5,9,11-12H2,1H3,(H,22,24);2*1H. The van der Waals surface area contributed by atoms with Gasteiger partial charge in [-0.25, -0.2) is 9.97 Å². The van der Waals surface area contributed by atoms with Gasteiger partial charge in [0.25, 0.3) is 0 Å². The van der Waals surface area contributed by atoms with E-state index in [-0.39, 0.29) is 30.7 Å². The van der Waals surface area contributed by atoms with E-state index in [1.165, 1.54) is 12.8 Å². The van der Waals surface area contributed by atoms with Crippen LogP contribution in [0.3, 0.4) is 0 Å². The Kier molecular flexibility index (Phi) is 9.62. The summed E-state index contributed by atoms with van der Waals surface area (Å²) in [5, 5.41) is 6.45. The van der Waals surface area contributed by atoms with Crippen LogP contribution in [0.5, 0.6) is 0 Å². The summed E-state index contributed by atoms with van der Waals surface area (Å²) in [7, 11) is 0. The normalized spacial score (nSPS) is 17.5. The highest BCUT2D eigenvalue weighted by Crippen LogP contribution is 2.22. The SMILES string of the molecule is CC(CC(=O)NCc1ccnc(-n2ccnc2)c1)C1CCCNC1.Cl.Cl. The van der Waals surface area contributed by atoms with Crippen LogP contribution >= 0.6 is 24.8 Å². The molecular formula is C18H27Cl2N5O. The Morgan fingerprint density at radius 2 is 2.27 bits per heavy atom. The van der Waals surface area contributed by atoms with E-state index in [0.29, 0.717) is 24.8 Å². The van der Waals surface area contributed by atoms with Gasteiger partial charge in [0.15, 0.2) is 0 Å². The Bertz CT molecular complexity index is 659. The topological polar surface area (TPSA) is 71.8 Å². The molecule has 6 nitrogen and oxygen atoms in total. The van der Waals surface area contributed by atoms with Crippen molar-refractivity contribution in [2.75, 3.05) is 13.1 Å². The van der Waals surface area contributed by atoms with Crippen LogP contribution < -0.4 is 10.6 Å². The molecule has 1 saturated heterocycles. The number of halogens is 2. The Labute approximate surface area is 167 Å². The minimum atomic E-state index is 0. The molecule has 0 bridgehead atoms. The highest BCUT2D eigenvalue weighted by Gasteiger charge is 2.21. The van der Waals surface area contributed by atoms with Crippen molar-refractivity contribution in [2.45, 2.75) is 32.7 Å². The van der Waals surface area contributed by atoms with Crippen molar-refractivity contribution in [1.29, 1.82) is 0 Å². The summed E-state index contributed by atoms with van der Waals surface area (Å²) in [6, 6.07) is 3.89. The fraction of sp³-hybridized carbons (Fsp3) is 0.500. The maximum Gasteiger partial charge on any atom is 0.220 e. The number of nitrogens with one attached hydrogen (secondary N) is 2. The molecule has 0 saturated carbocycles. The molecule has 26 heavy (non-hydrogen) atoms. The lowest BCUT2D eigenvalue weighted by molar-refractivity contribution is -0.122. The maximum absolute atomic E-state index is 12.2. The zero-order chi connectivity index (χ0) is 16.8. The quantitative estimate of drug-likeness (QED) is 0.782. The van der Waals surface area contributed by atoms with Crippen LogP contribution in [0.15, 0.2) is 37.1 Å². The number of nitrogens with zero attached hydrogens (tertiary/aromatic N) is 3. The number of imidazole rings is 1. The first kappa shape index (κ1) is 22.4. The summed E-state index contributed by atoms with van der Waals surface area (Å²) < 4.78 is 1.85. The van der Waals surface area contributed by atoms with Crippen LogP contribution in [0.1, 0.15) is 31.7 Å². The summed E-state index contributed by atoms with van der Waals surface area (Å²) in [5.41, 5.74) is 1.04. The summed E-state index contributed by atoms with van der Waals surface area (Å²) >= 11 is 0. The lowest BCUT2D eigenvalue weighted by atomic mass is 9.85. The molecular weight excluding hydrogens is 373 g/mol. The van der Waals surface area contributed by atoms with E-state index in [0.717, 1.165) is 24.5 Å². The van der Waals surface area contributed by atoms with Crippen molar-refractivity contribution in [3.05, 3.63) is 42.6 Å². The molecule has 2 aromatic rings. The van der Waals surface area contributed by atoms with Crippen molar-refractivity contribution in [3.63, 3.8) is 0 Å². The third-order valence-corrected chi connectivity index (χ3v) is 4.72. The van der Waals surface area contributed by atoms with Crippen molar-refractivity contribution in [3.8, 4) is 5.82 Å². The Morgan fingerprint density at radius 1 is 1.42 bits per heavy atom. The molecule has 0 radical (unpaired) electrons. The van der Waals surface area contributed by atoms with E-state index in [9.17, 15) is 4.79 Å². The first-order valence-corrected chi connectivity index (χ1v) is 8.63. The maximum atomic E-state index is 12.2. The zero-order valence-electron chi connectivity index (χ0n) is 14.9. The van der Waals surface area contributed by atoms with Gasteiger partial charge in [-0.1, -0.05) is 6.92 Å². The second-order valence-corrected chi connectivity index (χ2v) is 6.56. The lowest BCUT2D eigenvalue weighted by Gasteiger charge is -2.28. The van der Waals surface area contributed by atoms with Gasteiger partial charge in [0.05, 0.1) is 0 Å². The number of carbonyl (C=O) groups is 1. The third kappa shape index (κ3) is 6.27. The molecule has 144 valence electrons. The van der Waals surface area contributed by atoms with Gasteiger partial charge in [0.1, 0.15) is 12.1 Å². The van der Waals surface area contributed by atoms with E-state index in [1.54, 1.807) is 18.7 Å². The lowest BCUT2D eigenvalue weighted by Crippen LogP contribution is -2.35. The fourth-order valence-corrected chi connectivity index (χ4v) is 3.20. The molecule has 2 atom stereocenters. The predicted octanol–water partition coefficient (Wildman–Crippen LogP) is 2.75. The fourth-order valence-electron chi connectivity index (χ4n) is 3.20. The molecule has 2 unspecified atom stereocenters. The number of aromatic nitrogens is 3. The molecule has 2 N–H and O–H groups in total. The van der Waals surface area contributed by atoms with Gasteiger partial charge in [0, 0.05) is 31.6 Å². The first-order chi connectivity index (χ1) is 11.7. The zero-order valence-corrected chi connectivity index (χ0v) is 16.6. The molecule has 8 heteroatoms. The van der Waals surface area contributed by atoms with Crippen LogP contribution in [-0.4, -0.2) is 33.5 Å². The van der Waals surface area contributed by atoms with Crippen LogP contribution in [0.4, 0.5) is 0 Å². The highest BCUT2D eigenvalue weighted by atomic mass is 35.5. The smallest absolute Gasteiger partial charge is 0.220 e. The Hall–Kier alpha value is -1.63. The number of pyridine rings is 1. The van der Waals surface area contributed by atoms with Gasteiger partial charge in [-0.05, 0) is 55.5 Å². The molecule has 0 spiro atoms. The van der Waals surface area contributed by atoms with Crippen molar-refractivity contribution in [2.24, 2.45) is 11.8 Å². The molecule has 0 aromatic carbocycles. The van der Waals surface area contributed by atoms with E-state index in [2.05, 4.69) is 27.5 Å². The number of piperidine rings is 1. The second-order valence-electron chi connectivity index (χ2n) is 6.56. The van der Waals surface area contributed by atoms with Crippen molar-refractivity contribution in [1.82, 2.24) is 25.2 Å². The van der Waals surface area contributed by atoms with Crippen molar-refractivity contribution >= 4 is 30.7 Å². The molecule has 1 aliphatic heterocycles. The Balaban J connectivity index is 0.00000169. The molecule has 3 heterocycles. The van der Waals surface area contributed by atoms with Gasteiger partial charge in [-0.3, -0.25) is 9.36 Å². The molecule has 3 rings (SSSR count). The molecule has 1 aliphatic rings. The number of carbonyl (C=O) groups excluding carboxylic acids is 1. The second kappa shape index (κ2) is 11.2. The van der Waals surface area contributed by atoms with E-state index >= 15 is 0 Å². The minimum Gasteiger partial charge on any atom is -0.352 e. The van der Waals surface area contributed by atoms with Crippen LogP contribution in [0.25, 0.3) is 5.82 Å². The molecule has 1 fully saturated rings. The summed E-state index contributed by atoms with van der Waals surface area (Å²) in [6.07, 6.45) is 10.1. The summed E-state index contributed by atoms with van der Waals surface area (Å²) in [4.78, 5) is 20.6.